The molecule has 2 saturated heterocycles. The van der Waals surface area contributed by atoms with E-state index >= 15 is 0 Å². The molecule has 0 radical (unpaired) electrons. The molecule has 0 aromatic rings. The predicted octanol–water partition coefficient (Wildman–Crippen LogP) is 1.39. The van der Waals surface area contributed by atoms with Gasteiger partial charge in [-0.05, 0) is 35.0 Å². The lowest BCUT2D eigenvalue weighted by Crippen LogP contribution is -2.63. The first-order chi connectivity index (χ1) is 20.3. The van der Waals surface area contributed by atoms with E-state index in [2.05, 4.69) is 29.8 Å². The number of carbonyl (C=O) groups excluding carboxylic acids is 6. The van der Waals surface area contributed by atoms with Crippen LogP contribution >= 0.6 is 0 Å². The van der Waals surface area contributed by atoms with Crippen LogP contribution in [-0.4, -0.2) is 95.8 Å². The van der Waals surface area contributed by atoms with Gasteiger partial charge in [0.05, 0.1) is 18.6 Å². The van der Waals surface area contributed by atoms with Crippen molar-refractivity contribution in [2.45, 2.75) is 98.8 Å². The number of hydrogen-bond acceptors (Lipinski definition) is 7. The zero-order chi connectivity index (χ0) is 32.9. The highest BCUT2D eigenvalue weighted by Gasteiger charge is 2.78. The Bertz CT molecular complexity index is 1210. The van der Waals surface area contributed by atoms with Crippen molar-refractivity contribution in [2.75, 3.05) is 26.2 Å². The van der Waals surface area contributed by atoms with E-state index in [-0.39, 0.29) is 35.8 Å². The number of likely N-dealkylation sites (tertiary alicyclic amines) is 1. The van der Waals surface area contributed by atoms with E-state index in [1.54, 1.807) is 4.90 Å². The molecular weight excluding hydrogens is 568 g/mol. The number of cyclic esters (lactones) is 1. The van der Waals surface area contributed by atoms with Crippen LogP contribution in [0.1, 0.15) is 74.7 Å². The van der Waals surface area contributed by atoms with Crippen LogP contribution in [-0.2, 0) is 23.9 Å². The van der Waals surface area contributed by atoms with E-state index < -0.39 is 64.6 Å². The largest absolute Gasteiger partial charge is 0.448 e. The van der Waals surface area contributed by atoms with Crippen LogP contribution in [0.25, 0.3) is 0 Å². The van der Waals surface area contributed by atoms with Gasteiger partial charge in [0.25, 0.3) is 5.91 Å². The van der Waals surface area contributed by atoms with Crippen molar-refractivity contribution in [3.05, 3.63) is 0 Å². The number of hydrogen-bond donors (Lipinski definition) is 4. The molecule has 2 saturated carbocycles. The fraction of sp³-hybridized carbons (Fsp3) is 0.806. The lowest BCUT2D eigenvalue weighted by Gasteiger charge is -2.39. The van der Waals surface area contributed by atoms with Gasteiger partial charge in [-0.3, -0.25) is 19.2 Å². The van der Waals surface area contributed by atoms with Crippen LogP contribution in [0.5, 0.6) is 0 Å². The average molecular weight is 619 g/mol. The number of ether oxygens (including phenoxy) is 1. The zero-order valence-corrected chi connectivity index (χ0v) is 27.3. The number of amides is 6. The lowest BCUT2D eigenvalue weighted by molar-refractivity contribution is -0.146. The molecule has 44 heavy (non-hydrogen) atoms. The number of nitrogens with two attached hydrogens (primary N) is 1. The Morgan fingerprint density at radius 1 is 1.05 bits per heavy atom. The third-order valence-electron chi connectivity index (χ3n) is 10.6. The molecule has 0 aromatic carbocycles. The highest BCUT2D eigenvalue weighted by atomic mass is 16.6. The summed E-state index contributed by atoms with van der Waals surface area (Å²) in [7, 11) is 0. The molecule has 3 unspecified atom stereocenters. The summed E-state index contributed by atoms with van der Waals surface area (Å²) in [6, 6.07) is -3.88. The molecule has 0 spiro atoms. The lowest BCUT2D eigenvalue weighted by atomic mass is 9.84. The maximum Gasteiger partial charge on any atom is 0.410 e. The van der Waals surface area contributed by atoms with Crippen molar-refractivity contribution in [2.24, 2.45) is 39.7 Å². The topological polar surface area (TPSA) is 180 Å². The molecule has 0 aromatic heterocycles. The van der Waals surface area contributed by atoms with Gasteiger partial charge in [0.15, 0.2) is 0 Å². The molecule has 0 bridgehead atoms. The number of ketones is 1. The summed E-state index contributed by atoms with van der Waals surface area (Å²) in [5, 5.41) is 8.58. The minimum Gasteiger partial charge on any atom is -0.448 e. The molecule has 2 heterocycles. The third-order valence-corrected chi connectivity index (χ3v) is 10.6. The normalized spacial score (nSPS) is 27.6. The molecule has 6 amide bonds. The number of nitrogens with zero attached hydrogens (tertiary/aromatic N) is 2. The highest BCUT2D eigenvalue weighted by molar-refractivity contribution is 6.37. The van der Waals surface area contributed by atoms with E-state index in [0.29, 0.717) is 26.1 Å². The quantitative estimate of drug-likeness (QED) is 0.239. The van der Waals surface area contributed by atoms with E-state index in [0.717, 1.165) is 12.8 Å². The number of Topliss-reactive ketones (excluding diaryl/α,β-unsaturated/α-hetero) is 1. The number of nitrogens with one attached hydrogen (secondary N) is 3. The fourth-order valence-corrected chi connectivity index (χ4v) is 7.10. The van der Waals surface area contributed by atoms with Crippen LogP contribution in [0.2, 0.25) is 0 Å². The maximum atomic E-state index is 14.3. The van der Waals surface area contributed by atoms with Gasteiger partial charge in [-0.25, -0.2) is 9.59 Å². The molecule has 2 aliphatic heterocycles. The van der Waals surface area contributed by atoms with Gasteiger partial charge < -0.3 is 36.2 Å². The van der Waals surface area contributed by atoms with Gasteiger partial charge in [-0.1, -0.05) is 68.2 Å². The van der Waals surface area contributed by atoms with Crippen molar-refractivity contribution in [1.82, 2.24) is 25.8 Å². The minimum absolute atomic E-state index is 0.00872. The average Bonchev–Trinajstić information content (AvgIpc) is 3.68. The van der Waals surface area contributed by atoms with Gasteiger partial charge >= 0.3 is 12.1 Å². The summed E-state index contributed by atoms with van der Waals surface area (Å²) in [6.07, 6.45) is 1.74. The molecule has 5 N–H and O–H groups in total. The molecular formula is C31H50N6O7. The van der Waals surface area contributed by atoms with Crippen molar-refractivity contribution in [1.29, 1.82) is 0 Å². The summed E-state index contributed by atoms with van der Waals surface area (Å²) in [5.74, 6) is -2.58. The standard InChI is InChI=1S/C31H50N6O7/c1-16(2)19(14-36-11-12-44-28(36)43)34-27(42)35-22(29(3,4)5)26(41)37-15-20-30(6,7)31(20,8)23(37)25(40)33-18(13-17-9-10-17)21(38)24(32)39/h16-20,22-23H,9-15H2,1-8H3,(H2,32,39)(H,33,40)(H2,34,35,42)/t18?,19-,20?,22-,23-,31?/m1/s1. The second-order valence-corrected chi connectivity index (χ2v) is 15.2. The molecule has 13 heteroatoms. The van der Waals surface area contributed by atoms with E-state index in [1.165, 1.54) is 4.90 Å². The molecule has 13 nitrogen and oxygen atoms in total. The van der Waals surface area contributed by atoms with Crippen LogP contribution in [0.15, 0.2) is 0 Å². The van der Waals surface area contributed by atoms with E-state index in [1.807, 2.05) is 41.5 Å². The van der Waals surface area contributed by atoms with Crippen LogP contribution < -0.4 is 21.7 Å². The molecule has 4 aliphatic rings. The second-order valence-electron chi connectivity index (χ2n) is 15.2. The third kappa shape index (κ3) is 6.37. The molecule has 4 rings (SSSR count). The summed E-state index contributed by atoms with van der Waals surface area (Å²) in [5.41, 5.74) is 3.78. The van der Waals surface area contributed by atoms with E-state index in [4.69, 9.17) is 10.5 Å². The number of rotatable bonds is 12. The Labute approximate surface area is 259 Å². The highest BCUT2D eigenvalue weighted by Crippen LogP contribution is 2.74. The summed E-state index contributed by atoms with van der Waals surface area (Å²) in [4.78, 5) is 81.1. The number of fused-ring (bicyclic) bond motifs is 1. The Morgan fingerprint density at radius 2 is 1.68 bits per heavy atom. The summed E-state index contributed by atoms with van der Waals surface area (Å²) in [6.45, 7) is 16.8. The van der Waals surface area contributed by atoms with Crippen molar-refractivity contribution in [3.8, 4) is 0 Å². The first-order valence-corrected chi connectivity index (χ1v) is 15.7. The number of urea groups is 1. The molecule has 246 valence electrons. The smallest absolute Gasteiger partial charge is 0.410 e. The van der Waals surface area contributed by atoms with Gasteiger partial charge in [-0.2, -0.15) is 0 Å². The van der Waals surface area contributed by atoms with Crippen LogP contribution in [0.3, 0.4) is 0 Å². The predicted molar refractivity (Wildman–Crippen MR) is 161 cm³/mol. The van der Waals surface area contributed by atoms with Crippen LogP contribution in [0, 0.1) is 34.0 Å². The Hall–Kier alpha value is -3.38. The number of primary amides is 1. The van der Waals surface area contributed by atoms with Gasteiger partial charge in [0, 0.05) is 18.5 Å². The zero-order valence-electron chi connectivity index (χ0n) is 27.3. The molecule has 4 fully saturated rings. The summed E-state index contributed by atoms with van der Waals surface area (Å²) >= 11 is 0. The first-order valence-electron chi connectivity index (χ1n) is 15.7. The molecule has 2 aliphatic carbocycles. The monoisotopic (exact) mass is 618 g/mol. The SMILES string of the molecule is CC(C)[C@@H](CN1CCOC1=O)NC(=O)N[C@H](C(=O)N1CC2C(C)(C)C2(C)[C@H]1C(=O)NC(CC1CC1)C(=O)C(N)=O)C(C)(C)C. The van der Waals surface area contributed by atoms with Crippen molar-refractivity contribution < 1.29 is 33.5 Å². The number of piperidine rings is 1. The minimum atomic E-state index is -1.10. The Morgan fingerprint density at radius 3 is 2.18 bits per heavy atom. The molecule has 6 atom stereocenters. The van der Waals surface area contributed by atoms with Gasteiger partial charge in [-0.15, -0.1) is 0 Å². The number of carbonyl (C=O) groups is 6. The summed E-state index contributed by atoms with van der Waals surface area (Å²) < 4.78 is 5.02. The van der Waals surface area contributed by atoms with Gasteiger partial charge in [0.2, 0.25) is 17.6 Å². The van der Waals surface area contributed by atoms with E-state index in [9.17, 15) is 28.8 Å². The maximum absolute atomic E-state index is 14.3. The van der Waals surface area contributed by atoms with Crippen molar-refractivity contribution >= 4 is 35.6 Å². The van der Waals surface area contributed by atoms with Crippen LogP contribution in [0.4, 0.5) is 9.59 Å². The second kappa shape index (κ2) is 11.8. The van der Waals surface area contributed by atoms with Crippen molar-refractivity contribution in [3.63, 3.8) is 0 Å². The Balaban J connectivity index is 1.53. The fourth-order valence-electron chi connectivity index (χ4n) is 7.10. The first kappa shape index (κ1) is 33.5. The van der Waals surface area contributed by atoms with Gasteiger partial charge in [0.1, 0.15) is 18.7 Å². The Kier molecular flexibility index (Phi) is 9.02.